The summed E-state index contributed by atoms with van der Waals surface area (Å²) in [5.41, 5.74) is 8.45. The number of rotatable bonds is 11. The van der Waals surface area contributed by atoms with E-state index in [4.69, 9.17) is 23.1 Å². The number of para-hydroxylation sites is 5. The molecule has 9 nitrogen and oxygen atoms in total. The van der Waals surface area contributed by atoms with Gasteiger partial charge in [-0.1, -0.05) is 259 Å². The Bertz CT molecular complexity index is 3960. The fraction of sp³-hybridized carbons (Fsp3) is 0.0417. The third-order valence-corrected chi connectivity index (χ3v) is 12.9. The molecule has 0 aliphatic rings. The maximum absolute atomic E-state index is 11.7. The van der Waals surface area contributed by atoms with Crippen molar-refractivity contribution < 1.29 is 42.6 Å². The van der Waals surface area contributed by atoms with Crippen LogP contribution < -0.4 is 4.74 Å². The summed E-state index contributed by atoms with van der Waals surface area (Å²) < 4.78 is 22.7. The maximum atomic E-state index is 11.7. The van der Waals surface area contributed by atoms with Crippen LogP contribution in [0.2, 0.25) is 0 Å². The first-order valence-corrected chi connectivity index (χ1v) is 27.3. The van der Waals surface area contributed by atoms with E-state index in [0.29, 0.717) is 33.7 Å². The van der Waals surface area contributed by atoms with E-state index < -0.39 is 0 Å². The third-order valence-electron chi connectivity index (χ3n) is 12.3. The Balaban J connectivity index is 0.000000131. The Hall–Kier alpha value is -10.1. The van der Waals surface area contributed by atoms with E-state index >= 15 is 0 Å². The average molecular weight is 1150 g/mol. The molecule has 0 aliphatic heterocycles. The predicted molar refractivity (Wildman–Crippen MR) is 332 cm³/mol. The number of phenols is 1. The fourth-order valence-electron chi connectivity index (χ4n) is 8.29. The van der Waals surface area contributed by atoms with Gasteiger partial charge >= 0.3 is 0 Å². The lowest BCUT2D eigenvalue weighted by atomic mass is 10.1. The number of carbonyl (C=O) groups is 3. The number of ether oxygens (including phenoxy) is 1. The molecule has 3 aromatic heterocycles. The van der Waals surface area contributed by atoms with Gasteiger partial charge in [0.05, 0.1) is 17.5 Å². The summed E-state index contributed by atoms with van der Waals surface area (Å²) >= 11 is 3.10. The molecule has 10 aromatic carbocycles. The van der Waals surface area contributed by atoms with Gasteiger partial charge in [0.1, 0.15) is 45.5 Å². The highest BCUT2D eigenvalue weighted by atomic mass is 79.9. The Kier molecular flexibility index (Phi) is 21.8. The third kappa shape index (κ3) is 16.5. The molecule has 3 heterocycles. The summed E-state index contributed by atoms with van der Waals surface area (Å²) in [4.78, 5) is 33.9. The first-order chi connectivity index (χ1) is 40.3. The van der Waals surface area contributed by atoms with Crippen LogP contribution in [0.15, 0.2) is 304 Å². The Morgan fingerprint density at radius 2 is 0.854 bits per heavy atom. The van der Waals surface area contributed by atoms with Gasteiger partial charge in [0.2, 0.25) is 0 Å². The molecule has 13 rings (SSSR count). The molecule has 406 valence electrons. The van der Waals surface area contributed by atoms with Gasteiger partial charge in [0, 0.05) is 49.5 Å². The van der Waals surface area contributed by atoms with Crippen LogP contribution in [0.4, 0.5) is 0 Å². The number of aromatic hydroxyl groups is 1. The predicted octanol–water partition coefficient (Wildman–Crippen LogP) is 18.2. The van der Waals surface area contributed by atoms with Crippen LogP contribution >= 0.6 is 15.9 Å². The summed E-state index contributed by atoms with van der Waals surface area (Å²) in [6.45, 7) is 0.0647. The lowest BCUT2D eigenvalue weighted by Crippen LogP contribution is -2.11. The average Bonchev–Trinajstić information content (AvgIpc) is 4.50. The molecular weight excluding hydrogens is 1090 g/mol. The molecule has 13 aromatic rings. The Morgan fingerprint density at radius 3 is 1.35 bits per heavy atom. The van der Waals surface area contributed by atoms with E-state index in [0.717, 1.165) is 78.5 Å². The lowest BCUT2D eigenvalue weighted by Gasteiger charge is -2.04. The van der Waals surface area contributed by atoms with Crippen LogP contribution in [0.3, 0.4) is 0 Å². The number of hydrogen-bond acceptors (Lipinski definition) is 9. The van der Waals surface area contributed by atoms with Crippen LogP contribution in [0.25, 0.3) is 66.9 Å². The second-order valence-electron chi connectivity index (χ2n) is 17.9. The number of alkyl halides is 1. The Labute approximate surface area is 484 Å². The van der Waals surface area contributed by atoms with Crippen molar-refractivity contribution in [3.8, 4) is 45.5 Å². The van der Waals surface area contributed by atoms with Gasteiger partial charge in [0.15, 0.2) is 24.5 Å². The van der Waals surface area contributed by atoms with E-state index in [9.17, 15) is 19.5 Å². The number of furan rings is 3. The zero-order chi connectivity index (χ0) is 57.1. The van der Waals surface area contributed by atoms with E-state index in [1.807, 2.05) is 231 Å². The van der Waals surface area contributed by atoms with Crippen molar-refractivity contribution >= 4 is 66.7 Å². The SMILES string of the molecule is O=C(CBr)c1ccccc1.O=C(COc1ccccc1)c1ccccc1.O=Cc1c(-c2ccccc2)oc2ccccc12.OCc1c(-c2ccccc2)oc2ccccc12.Oc1ccccc1.c1ccc(-c2cc3ccccc3o2)cc1. The van der Waals surface area contributed by atoms with Gasteiger partial charge in [-0.25, -0.2) is 0 Å². The number of aliphatic hydroxyl groups excluding tert-OH is 1. The molecule has 0 unspecified atom stereocenters. The van der Waals surface area contributed by atoms with Gasteiger partial charge in [0.25, 0.3) is 0 Å². The summed E-state index contributed by atoms with van der Waals surface area (Å²) in [5, 5.41) is 21.5. The van der Waals surface area contributed by atoms with Gasteiger partial charge in [-0.2, -0.15) is 0 Å². The van der Waals surface area contributed by atoms with E-state index in [1.165, 1.54) is 0 Å². The van der Waals surface area contributed by atoms with Crippen molar-refractivity contribution in [2.75, 3.05) is 11.9 Å². The number of halogens is 1. The number of aldehydes is 1. The van der Waals surface area contributed by atoms with Gasteiger partial charge in [-0.15, -0.1) is 0 Å². The smallest absolute Gasteiger partial charge is 0.200 e. The van der Waals surface area contributed by atoms with Crippen molar-refractivity contribution in [3.05, 3.63) is 313 Å². The fourth-order valence-corrected chi connectivity index (χ4v) is 8.62. The van der Waals surface area contributed by atoms with Gasteiger partial charge in [-0.3, -0.25) is 14.4 Å². The number of phenolic OH excluding ortho intramolecular Hbond substituents is 1. The van der Waals surface area contributed by atoms with E-state index in [-0.39, 0.29) is 24.8 Å². The van der Waals surface area contributed by atoms with Crippen molar-refractivity contribution in [3.63, 3.8) is 0 Å². The van der Waals surface area contributed by atoms with Crippen LogP contribution in [0, 0.1) is 0 Å². The molecule has 0 saturated carbocycles. The molecule has 0 spiro atoms. The topological polar surface area (TPSA) is 140 Å². The van der Waals surface area contributed by atoms with Crippen molar-refractivity contribution in [2.45, 2.75) is 6.61 Å². The van der Waals surface area contributed by atoms with Crippen LogP contribution in [0.5, 0.6) is 11.5 Å². The molecule has 0 aliphatic carbocycles. The molecule has 82 heavy (non-hydrogen) atoms. The highest BCUT2D eigenvalue weighted by molar-refractivity contribution is 9.09. The van der Waals surface area contributed by atoms with Gasteiger partial charge in [-0.05, 0) is 48.5 Å². The second-order valence-corrected chi connectivity index (χ2v) is 18.5. The number of ketones is 2. The van der Waals surface area contributed by atoms with Crippen molar-refractivity contribution in [2.24, 2.45) is 0 Å². The molecule has 0 fully saturated rings. The number of hydrogen-bond donors (Lipinski definition) is 2. The number of carbonyl (C=O) groups excluding carboxylic acids is 3. The quantitative estimate of drug-likeness (QED) is 0.0736. The zero-order valence-corrected chi connectivity index (χ0v) is 46.1. The minimum atomic E-state index is -0.0127. The highest BCUT2D eigenvalue weighted by Crippen LogP contribution is 2.34. The highest BCUT2D eigenvalue weighted by Gasteiger charge is 2.16. The maximum Gasteiger partial charge on any atom is 0.200 e. The number of fused-ring (bicyclic) bond motifs is 3. The number of benzene rings is 10. The minimum absolute atomic E-state index is 0.00977. The Morgan fingerprint density at radius 1 is 0.439 bits per heavy atom. The van der Waals surface area contributed by atoms with Crippen LogP contribution in [-0.2, 0) is 6.61 Å². The molecule has 0 amide bonds. The summed E-state index contributed by atoms with van der Waals surface area (Å²) in [7, 11) is 0. The molecule has 0 radical (unpaired) electrons. The first-order valence-electron chi connectivity index (χ1n) is 26.2. The lowest BCUT2D eigenvalue weighted by molar-refractivity contribution is 0.0920. The normalized spacial score (nSPS) is 10.2. The van der Waals surface area contributed by atoms with Crippen molar-refractivity contribution in [1.82, 2.24) is 0 Å². The zero-order valence-electron chi connectivity index (χ0n) is 44.5. The largest absolute Gasteiger partial charge is 0.508 e. The summed E-state index contributed by atoms with van der Waals surface area (Å²) in [5.74, 6) is 3.48. The number of aliphatic hydroxyl groups is 1. The molecule has 0 atom stereocenters. The minimum Gasteiger partial charge on any atom is -0.508 e. The molecular formula is C72H57BrO9. The summed E-state index contributed by atoms with van der Waals surface area (Å²) in [6.07, 6.45) is 0.855. The second kappa shape index (κ2) is 30.9. The molecule has 10 heteroatoms. The van der Waals surface area contributed by atoms with E-state index in [1.54, 1.807) is 36.4 Å². The summed E-state index contributed by atoms with van der Waals surface area (Å²) in [6, 6.07) is 91.5. The molecule has 0 bridgehead atoms. The standard InChI is InChI=1S/C15H12O2.C15H10O2.C14H12O2.C14H10O.C8H7BrO.C6H6O/c2*16-10-13-12-8-4-5-9-14(12)17-15(13)11-6-2-1-3-7-11;15-14(12-7-3-1-4-8-12)11-16-13-9-5-2-6-10-13;1-2-6-11(7-3-1)14-10-12-8-4-5-9-13(12)15-14;9-6-8(10)7-4-2-1-3-5-7;7-6-4-2-1-3-5-6/h1-9,16H,10H2;1-10H;1-10H,11H2;1-10H;1-5H,6H2;1-5,7H. The molecule has 0 saturated heterocycles. The van der Waals surface area contributed by atoms with E-state index in [2.05, 4.69) is 40.2 Å². The number of Topliss-reactive ketones (excluding diaryl/α,β-unsaturated/α-hetero) is 2. The first kappa shape index (κ1) is 58.0. The van der Waals surface area contributed by atoms with Gasteiger partial charge < -0.3 is 28.2 Å². The van der Waals surface area contributed by atoms with Crippen molar-refractivity contribution in [1.29, 1.82) is 0 Å². The van der Waals surface area contributed by atoms with Crippen LogP contribution in [-0.4, -0.2) is 40.0 Å². The van der Waals surface area contributed by atoms with Crippen LogP contribution in [0.1, 0.15) is 36.6 Å². The molecule has 2 N–H and O–H groups in total. The monoisotopic (exact) mass is 1140 g/mol.